The number of furan rings is 1. The summed E-state index contributed by atoms with van der Waals surface area (Å²) >= 11 is 0. The Morgan fingerprint density at radius 2 is 1.44 bits per heavy atom. The van der Waals surface area contributed by atoms with Crippen LogP contribution in [-0.2, 0) is 26.5 Å². The van der Waals surface area contributed by atoms with Crippen LogP contribution in [0.1, 0.15) is 88.2 Å². The predicted molar refractivity (Wildman–Crippen MR) is 268 cm³/mol. The first-order valence-electron chi connectivity index (χ1n) is 22.4. The molecule has 0 fully saturated rings. The van der Waals surface area contributed by atoms with E-state index in [9.17, 15) is 0 Å². The summed E-state index contributed by atoms with van der Waals surface area (Å²) in [5.41, 5.74) is 16.6. The van der Waals surface area contributed by atoms with Gasteiger partial charge < -0.3 is 14.0 Å². The van der Waals surface area contributed by atoms with Crippen molar-refractivity contribution in [1.82, 2.24) is 19.5 Å². The number of pyridine rings is 2. The quantitative estimate of drug-likeness (QED) is 0.112. The molecule has 0 N–H and O–H groups in total. The fourth-order valence-electron chi connectivity index (χ4n) is 8.79. The van der Waals surface area contributed by atoms with Gasteiger partial charge in [-0.1, -0.05) is 133 Å². The summed E-state index contributed by atoms with van der Waals surface area (Å²) < 4.78 is 8.90. The fraction of sp³-hybridized carbons (Fsp3) is 0.281. The Kier molecular flexibility index (Phi) is 13.5. The molecule has 0 aliphatic carbocycles. The van der Waals surface area contributed by atoms with Crippen LogP contribution >= 0.6 is 0 Å². The smallest absolute Gasteiger partial charge is 0.121 e. The molecule has 0 aliphatic rings. The van der Waals surface area contributed by atoms with Crippen LogP contribution in [-0.4, -0.2) is 27.6 Å². The van der Waals surface area contributed by atoms with E-state index in [-0.39, 0.29) is 37.4 Å². The van der Waals surface area contributed by atoms with E-state index in [1.165, 1.54) is 44.3 Å². The molecule has 4 heterocycles. The van der Waals surface area contributed by atoms with Crippen molar-refractivity contribution >= 4 is 46.2 Å². The zero-order chi connectivity index (χ0) is 44.8. The molecule has 0 aliphatic heterocycles. The van der Waals surface area contributed by atoms with Gasteiger partial charge in [0.25, 0.3) is 0 Å². The Balaban J connectivity index is 0.000000236. The number of aromatic nitrogens is 4. The fourth-order valence-corrected chi connectivity index (χ4v) is 10.4. The van der Waals surface area contributed by atoms with E-state index in [0.717, 1.165) is 67.7 Å². The van der Waals surface area contributed by atoms with E-state index in [1.807, 2.05) is 36.5 Å². The summed E-state index contributed by atoms with van der Waals surface area (Å²) in [4.78, 5) is 14.7. The Morgan fingerprint density at radius 3 is 2.08 bits per heavy atom. The van der Waals surface area contributed by atoms with E-state index in [1.54, 1.807) is 0 Å². The third-order valence-corrected chi connectivity index (χ3v) is 13.9. The van der Waals surface area contributed by atoms with Crippen LogP contribution in [0.3, 0.4) is 0 Å². The van der Waals surface area contributed by atoms with Gasteiger partial charge in [-0.05, 0) is 100 Å². The molecule has 7 heteroatoms. The molecule has 0 atom stereocenters. The summed E-state index contributed by atoms with van der Waals surface area (Å²) in [6, 6.07) is 45.0. The molecule has 64 heavy (non-hydrogen) atoms. The minimum absolute atomic E-state index is 0. The molecular weight excluding hydrogens is 977 g/mol. The van der Waals surface area contributed by atoms with Crippen LogP contribution in [0, 0.1) is 31.4 Å². The Morgan fingerprint density at radius 1 is 0.734 bits per heavy atom. The van der Waals surface area contributed by atoms with E-state index in [4.69, 9.17) is 19.4 Å². The molecule has 329 valence electrons. The number of imidazole rings is 1. The van der Waals surface area contributed by atoms with Gasteiger partial charge in [0.15, 0.2) is 0 Å². The average Bonchev–Trinajstić information content (AvgIpc) is 3.82. The van der Waals surface area contributed by atoms with Crippen molar-refractivity contribution in [2.45, 2.75) is 100 Å². The predicted octanol–water partition coefficient (Wildman–Crippen LogP) is 15.0. The normalized spacial score (nSPS) is 12.0. The summed E-state index contributed by atoms with van der Waals surface area (Å²) in [5.74, 6) is 1.37. The molecule has 0 spiro atoms. The molecule has 0 saturated carbocycles. The monoisotopic (exact) mass is 1040 g/mol. The zero-order valence-corrected chi connectivity index (χ0v) is 42.8. The largest absolute Gasteiger partial charge is 0.501 e. The van der Waals surface area contributed by atoms with Crippen LogP contribution < -0.4 is 5.19 Å². The van der Waals surface area contributed by atoms with Crippen LogP contribution in [0.5, 0.6) is 0 Å². The van der Waals surface area contributed by atoms with Gasteiger partial charge in [0, 0.05) is 43.6 Å². The van der Waals surface area contributed by atoms with Crippen molar-refractivity contribution in [2.75, 3.05) is 0 Å². The number of fused-ring (bicyclic) bond motifs is 4. The first-order valence-corrected chi connectivity index (χ1v) is 25.9. The molecular formula is C57H60IrN4OSi-2. The minimum Gasteiger partial charge on any atom is -0.501 e. The van der Waals surface area contributed by atoms with Crippen LogP contribution in [0.4, 0.5) is 0 Å². The number of benzene rings is 5. The van der Waals surface area contributed by atoms with Crippen LogP contribution in [0.25, 0.3) is 72.4 Å². The first kappa shape index (κ1) is 46.5. The first-order chi connectivity index (χ1) is 30.0. The second kappa shape index (κ2) is 18.6. The maximum Gasteiger partial charge on any atom is 0.121 e. The topological polar surface area (TPSA) is 56.7 Å². The molecule has 5 nitrogen and oxygen atoms in total. The van der Waals surface area contributed by atoms with E-state index < -0.39 is 8.07 Å². The van der Waals surface area contributed by atoms with E-state index >= 15 is 0 Å². The van der Waals surface area contributed by atoms with Crippen molar-refractivity contribution in [3.63, 3.8) is 0 Å². The SMILES string of the molecule is CC(C)(C)Cc1cc(-c2[c-]cccc2)ncc1[Si](C)(C)C.Cc1ccc2c(c1)oc1c(-c3nc4ccnc(C)c4n3-c3c(C(C)C)cc(-c4ccccc4)cc3C(C)C)[c-]ccc12.[Ir]. The van der Waals surface area contributed by atoms with Gasteiger partial charge in [-0.2, -0.15) is 0 Å². The van der Waals surface area contributed by atoms with Crippen molar-refractivity contribution < 1.29 is 24.5 Å². The number of rotatable bonds is 8. The third-order valence-electron chi connectivity index (χ3n) is 11.8. The Labute approximate surface area is 394 Å². The van der Waals surface area contributed by atoms with Crippen LogP contribution in [0.2, 0.25) is 19.6 Å². The molecule has 9 rings (SSSR count). The number of hydrogen-bond acceptors (Lipinski definition) is 4. The van der Waals surface area contributed by atoms with E-state index in [2.05, 4.69) is 184 Å². The Hall–Kier alpha value is -5.46. The second-order valence-corrected chi connectivity index (χ2v) is 24.9. The molecule has 5 aromatic carbocycles. The van der Waals surface area contributed by atoms with Crippen molar-refractivity contribution in [2.24, 2.45) is 5.41 Å². The molecule has 0 bridgehead atoms. The second-order valence-electron chi connectivity index (χ2n) is 19.9. The van der Waals surface area contributed by atoms with Gasteiger partial charge in [0.05, 0.1) is 36.2 Å². The maximum atomic E-state index is 6.57. The summed E-state index contributed by atoms with van der Waals surface area (Å²) in [6.45, 7) is 27.3. The summed E-state index contributed by atoms with van der Waals surface area (Å²) in [6.07, 6.45) is 5.05. The summed E-state index contributed by atoms with van der Waals surface area (Å²) in [5, 5.41) is 3.65. The zero-order valence-electron chi connectivity index (χ0n) is 39.4. The number of nitrogens with zero attached hydrogens (tertiary/aromatic N) is 4. The van der Waals surface area contributed by atoms with Gasteiger partial charge in [-0.3, -0.25) is 9.97 Å². The standard InChI is InChI=1S/C38H34N3O.C19H26NSi.Ir/c1-22(2)31-20-27(26-11-8-7-9-12-26)21-32(23(3)4)36(31)41-35-25(6)39-18-17-33(35)40-38(41)30-14-10-13-29-28-16-15-24(5)19-34(28)42-37(29)30;1-19(2,3)13-16-12-17(15-10-8-7-9-11-15)20-14-18(16)21(4,5)6;/h7-13,15-23H,1-6H3;7-10,12,14H,13H2,1-6H3;/q2*-1;. The number of aryl methyl sites for hydroxylation is 2. The van der Waals surface area contributed by atoms with Gasteiger partial charge in [-0.25, -0.2) is 0 Å². The van der Waals surface area contributed by atoms with Gasteiger partial charge >= 0.3 is 0 Å². The molecule has 0 saturated heterocycles. The molecule has 9 aromatic rings. The maximum absolute atomic E-state index is 6.57. The summed E-state index contributed by atoms with van der Waals surface area (Å²) in [7, 11) is -1.37. The minimum atomic E-state index is -1.37. The third kappa shape index (κ3) is 9.49. The van der Waals surface area contributed by atoms with Crippen LogP contribution in [0.15, 0.2) is 126 Å². The van der Waals surface area contributed by atoms with Crippen molar-refractivity contribution in [1.29, 1.82) is 0 Å². The van der Waals surface area contributed by atoms with Gasteiger partial charge in [-0.15, -0.1) is 54.1 Å². The molecule has 0 unspecified atom stereocenters. The van der Waals surface area contributed by atoms with Crippen molar-refractivity contribution in [3.05, 3.63) is 162 Å². The average molecular weight is 1040 g/mol. The Bertz CT molecular complexity index is 3050. The number of hydrogen-bond donors (Lipinski definition) is 0. The van der Waals surface area contributed by atoms with Gasteiger partial charge in [0.1, 0.15) is 5.58 Å². The molecule has 4 aromatic heterocycles. The van der Waals surface area contributed by atoms with Gasteiger partial charge in [0.2, 0.25) is 0 Å². The van der Waals surface area contributed by atoms with E-state index in [0.29, 0.717) is 0 Å². The van der Waals surface area contributed by atoms with Crippen molar-refractivity contribution in [3.8, 4) is 39.5 Å². The molecule has 0 amide bonds. The molecule has 1 radical (unpaired) electrons.